The van der Waals surface area contributed by atoms with Crippen LogP contribution < -0.4 is 18.9 Å². The lowest BCUT2D eigenvalue weighted by Crippen LogP contribution is -2.11. The molecule has 0 aromatic heterocycles. The summed E-state index contributed by atoms with van der Waals surface area (Å²) >= 11 is 0. The molecule has 2 aromatic carbocycles. The highest BCUT2D eigenvalue weighted by Gasteiger charge is 2.20. The second-order valence-corrected chi connectivity index (χ2v) is 7.13. The molecule has 0 amide bonds. The van der Waals surface area contributed by atoms with Crippen LogP contribution in [0.3, 0.4) is 0 Å². The van der Waals surface area contributed by atoms with Gasteiger partial charge in [0.2, 0.25) is 0 Å². The Morgan fingerprint density at radius 1 is 0.828 bits per heavy atom. The summed E-state index contributed by atoms with van der Waals surface area (Å²) in [6.07, 6.45) is 6.32. The zero-order valence-corrected chi connectivity index (χ0v) is 17.5. The first-order valence-corrected chi connectivity index (χ1v) is 9.85. The first kappa shape index (κ1) is 20.8. The number of rotatable bonds is 8. The minimum absolute atomic E-state index is 0.0381. The van der Waals surface area contributed by atoms with Gasteiger partial charge in [-0.15, -0.1) is 0 Å². The molecule has 2 aromatic rings. The predicted molar refractivity (Wildman–Crippen MR) is 113 cm³/mol. The largest absolute Gasteiger partial charge is 0.493 e. The molecule has 0 unspecified atom stereocenters. The molecule has 0 N–H and O–H groups in total. The van der Waals surface area contributed by atoms with Crippen LogP contribution in [0.4, 0.5) is 0 Å². The number of carbonyl (C=O) groups excluding carboxylic acids is 1. The maximum Gasteiger partial charge on any atom is 0.162 e. The number of ether oxygens (including phenoxy) is 4. The van der Waals surface area contributed by atoms with Gasteiger partial charge in [-0.1, -0.05) is 12.1 Å². The topological polar surface area (TPSA) is 54.0 Å². The van der Waals surface area contributed by atoms with Gasteiger partial charge in [-0.2, -0.15) is 0 Å². The van der Waals surface area contributed by atoms with Crippen LogP contribution in [0.25, 0.3) is 5.57 Å². The fourth-order valence-corrected chi connectivity index (χ4v) is 3.66. The van der Waals surface area contributed by atoms with E-state index in [1.165, 1.54) is 12.8 Å². The first-order chi connectivity index (χ1) is 14.0. The van der Waals surface area contributed by atoms with E-state index in [1.54, 1.807) is 34.3 Å². The molecule has 0 heterocycles. The Balaban J connectivity index is 2.04. The average molecular weight is 396 g/mol. The Bertz CT molecular complexity index is 894. The molecule has 5 nitrogen and oxygen atoms in total. The molecule has 1 saturated carbocycles. The fraction of sp³-hybridized carbons (Fsp3) is 0.375. The molecule has 1 aliphatic rings. The number of ketones is 1. The number of carbonyl (C=O) groups is 1. The second kappa shape index (κ2) is 9.50. The van der Waals surface area contributed by atoms with Gasteiger partial charge in [0.05, 0.1) is 27.4 Å². The van der Waals surface area contributed by atoms with Gasteiger partial charge in [0.25, 0.3) is 0 Å². The highest BCUT2D eigenvalue weighted by molar-refractivity contribution is 5.99. The predicted octanol–water partition coefficient (Wildman–Crippen LogP) is 5.05. The van der Waals surface area contributed by atoms with Crippen molar-refractivity contribution in [2.24, 2.45) is 0 Å². The van der Waals surface area contributed by atoms with E-state index in [0.717, 1.165) is 29.5 Å². The first-order valence-electron chi connectivity index (χ1n) is 9.85. The second-order valence-electron chi connectivity index (χ2n) is 7.13. The Morgan fingerprint density at radius 3 is 1.86 bits per heavy atom. The van der Waals surface area contributed by atoms with Crippen molar-refractivity contribution < 1.29 is 23.7 Å². The van der Waals surface area contributed by atoms with Crippen LogP contribution in [-0.2, 0) is 4.79 Å². The molecule has 5 heteroatoms. The quantitative estimate of drug-likeness (QED) is 0.584. The van der Waals surface area contributed by atoms with Gasteiger partial charge in [-0.25, -0.2) is 0 Å². The van der Waals surface area contributed by atoms with E-state index in [-0.39, 0.29) is 11.9 Å². The molecular formula is C24H28O5. The Morgan fingerprint density at radius 2 is 1.34 bits per heavy atom. The minimum Gasteiger partial charge on any atom is -0.493 e. The van der Waals surface area contributed by atoms with Crippen LogP contribution in [0.1, 0.15) is 43.7 Å². The molecule has 0 radical (unpaired) electrons. The third kappa shape index (κ3) is 4.91. The summed E-state index contributed by atoms with van der Waals surface area (Å²) in [4.78, 5) is 12.0. The number of benzene rings is 2. The van der Waals surface area contributed by atoms with Crippen LogP contribution in [0, 0.1) is 0 Å². The molecule has 154 valence electrons. The normalized spacial score (nSPS) is 14.6. The summed E-state index contributed by atoms with van der Waals surface area (Å²) in [5, 5.41) is 0. The van der Waals surface area contributed by atoms with Crippen LogP contribution in [-0.4, -0.2) is 33.2 Å². The van der Waals surface area contributed by atoms with Crippen LogP contribution >= 0.6 is 0 Å². The van der Waals surface area contributed by atoms with Gasteiger partial charge < -0.3 is 18.9 Å². The van der Waals surface area contributed by atoms with Crippen molar-refractivity contribution in [3.8, 4) is 23.0 Å². The van der Waals surface area contributed by atoms with Gasteiger partial charge >= 0.3 is 0 Å². The summed E-state index contributed by atoms with van der Waals surface area (Å²) in [6, 6.07) is 11.4. The van der Waals surface area contributed by atoms with Crippen LogP contribution in [0.15, 0.2) is 42.5 Å². The standard InChI is InChI=1S/C24H28O5/c1-16(25)13-20(17-9-11-21(26-2)23(14-17)28-4)18-10-12-22(27-3)24(15-18)29-19-7-5-6-8-19/h9-15,19H,5-8H2,1-4H3. The smallest absolute Gasteiger partial charge is 0.162 e. The number of allylic oxidation sites excluding steroid dienone is 1. The van der Waals surface area contributed by atoms with Gasteiger partial charge in [0.1, 0.15) is 0 Å². The van der Waals surface area contributed by atoms with Crippen molar-refractivity contribution in [3.63, 3.8) is 0 Å². The fourth-order valence-electron chi connectivity index (χ4n) is 3.66. The van der Waals surface area contributed by atoms with E-state index < -0.39 is 0 Å². The summed E-state index contributed by atoms with van der Waals surface area (Å²) in [7, 11) is 4.83. The number of hydrogen-bond acceptors (Lipinski definition) is 5. The van der Waals surface area contributed by atoms with Gasteiger partial charge in [-0.05, 0) is 79.6 Å². The highest BCUT2D eigenvalue weighted by atomic mass is 16.5. The molecule has 0 spiro atoms. The molecule has 0 atom stereocenters. The van der Waals surface area contributed by atoms with Crippen molar-refractivity contribution in [1.29, 1.82) is 0 Å². The maximum absolute atomic E-state index is 12.0. The number of methoxy groups -OCH3 is 3. The SMILES string of the molecule is COc1ccc(C(=CC(C)=O)c2ccc(OC)c(OC3CCCC3)c2)cc1OC. The zero-order valence-electron chi connectivity index (χ0n) is 17.5. The summed E-state index contributed by atoms with van der Waals surface area (Å²) in [5.41, 5.74) is 2.52. The monoisotopic (exact) mass is 396 g/mol. The Hall–Kier alpha value is -2.95. The lowest BCUT2D eigenvalue weighted by molar-refractivity contribution is -0.112. The molecule has 1 aliphatic carbocycles. The van der Waals surface area contributed by atoms with E-state index in [9.17, 15) is 4.79 Å². The summed E-state index contributed by atoms with van der Waals surface area (Å²) in [6.45, 7) is 1.54. The van der Waals surface area contributed by atoms with Crippen molar-refractivity contribution >= 4 is 11.4 Å². The Labute approximate surface area is 172 Å². The van der Waals surface area contributed by atoms with Crippen molar-refractivity contribution in [3.05, 3.63) is 53.6 Å². The van der Waals surface area contributed by atoms with E-state index in [0.29, 0.717) is 23.0 Å². The van der Waals surface area contributed by atoms with Gasteiger partial charge in [0, 0.05) is 0 Å². The molecule has 0 saturated heterocycles. The molecular weight excluding hydrogens is 368 g/mol. The zero-order chi connectivity index (χ0) is 20.8. The third-order valence-corrected chi connectivity index (χ3v) is 5.11. The maximum atomic E-state index is 12.0. The van der Waals surface area contributed by atoms with E-state index in [1.807, 2.05) is 36.4 Å². The van der Waals surface area contributed by atoms with Gasteiger partial charge in [0.15, 0.2) is 28.8 Å². The third-order valence-electron chi connectivity index (χ3n) is 5.11. The van der Waals surface area contributed by atoms with Crippen LogP contribution in [0.2, 0.25) is 0 Å². The molecule has 0 aliphatic heterocycles. The molecule has 1 fully saturated rings. The molecule has 0 bridgehead atoms. The van der Waals surface area contributed by atoms with E-state index in [2.05, 4.69) is 0 Å². The van der Waals surface area contributed by atoms with E-state index in [4.69, 9.17) is 18.9 Å². The lowest BCUT2D eigenvalue weighted by Gasteiger charge is -2.18. The van der Waals surface area contributed by atoms with Crippen molar-refractivity contribution in [2.45, 2.75) is 38.7 Å². The summed E-state index contributed by atoms with van der Waals surface area (Å²) in [5.74, 6) is 2.60. The lowest BCUT2D eigenvalue weighted by atomic mass is 9.96. The molecule has 29 heavy (non-hydrogen) atoms. The molecule has 3 rings (SSSR count). The van der Waals surface area contributed by atoms with Crippen molar-refractivity contribution in [2.75, 3.05) is 21.3 Å². The summed E-state index contributed by atoms with van der Waals surface area (Å²) < 4.78 is 22.5. The van der Waals surface area contributed by atoms with Crippen LogP contribution in [0.5, 0.6) is 23.0 Å². The van der Waals surface area contributed by atoms with E-state index >= 15 is 0 Å². The van der Waals surface area contributed by atoms with Crippen molar-refractivity contribution in [1.82, 2.24) is 0 Å². The highest BCUT2D eigenvalue weighted by Crippen LogP contribution is 2.37. The Kier molecular flexibility index (Phi) is 6.81. The van der Waals surface area contributed by atoms with Gasteiger partial charge in [-0.3, -0.25) is 4.79 Å². The minimum atomic E-state index is -0.0381. The average Bonchev–Trinajstić information content (AvgIpc) is 3.24. The number of hydrogen-bond donors (Lipinski definition) is 0.